The molecule has 3 aromatic heterocycles. The molecule has 8 nitrogen and oxygen atoms in total. The lowest BCUT2D eigenvalue weighted by atomic mass is 10.3. The summed E-state index contributed by atoms with van der Waals surface area (Å²) in [5, 5.41) is 10.3. The molecule has 0 radical (unpaired) electrons. The van der Waals surface area contributed by atoms with Gasteiger partial charge >= 0.3 is 6.18 Å². The smallest absolute Gasteiger partial charge is 0.341 e. The van der Waals surface area contributed by atoms with Crippen LogP contribution >= 0.6 is 11.3 Å². The number of fused-ring (bicyclic) bond motifs is 1. The van der Waals surface area contributed by atoms with E-state index >= 15 is 0 Å². The maximum Gasteiger partial charge on any atom is 0.405 e. The fraction of sp³-hybridized carbons (Fsp3) is 0.312. The van der Waals surface area contributed by atoms with Crippen molar-refractivity contribution >= 4 is 34.6 Å². The second-order valence-corrected chi connectivity index (χ2v) is 7.10. The summed E-state index contributed by atoms with van der Waals surface area (Å²) in [6, 6.07) is 3.29. The summed E-state index contributed by atoms with van der Waals surface area (Å²) >= 11 is 0.920. The van der Waals surface area contributed by atoms with Gasteiger partial charge in [0, 0.05) is 11.3 Å². The molecule has 1 aliphatic rings. The Labute approximate surface area is 159 Å². The summed E-state index contributed by atoms with van der Waals surface area (Å²) in [4.78, 5) is 31.9. The Bertz CT molecular complexity index is 1060. The Kier molecular flexibility index (Phi) is 4.49. The van der Waals surface area contributed by atoms with Gasteiger partial charge in [0.2, 0.25) is 5.91 Å². The quantitative estimate of drug-likeness (QED) is 0.673. The van der Waals surface area contributed by atoms with E-state index in [1.54, 1.807) is 23.6 Å². The number of thiazole rings is 1. The zero-order valence-electron chi connectivity index (χ0n) is 14.2. The summed E-state index contributed by atoms with van der Waals surface area (Å²) in [6.45, 7) is -1.42. The van der Waals surface area contributed by atoms with Crippen LogP contribution in [0.2, 0.25) is 0 Å². The van der Waals surface area contributed by atoms with Gasteiger partial charge in [-0.25, -0.2) is 14.5 Å². The summed E-state index contributed by atoms with van der Waals surface area (Å²) in [7, 11) is 0. The molecule has 0 saturated heterocycles. The molecule has 0 unspecified atom stereocenters. The number of halogens is 3. The van der Waals surface area contributed by atoms with Crippen molar-refractivity contribution < 1.29 is 22.8 Å². The molecule has 0 bridgehead atoms. The van der Waals surface area contributed by atoms with Gasteiger partial charge < -0.3 is 10.6 Å². The van der Waals surface area contributed by atoms with Crippen molar-refractivity contribution in [1.82, 2.24) is 24.9 Å². The average Bonchev–Trinajstić information content (AvgIpc) is 3.23. The lowest BCUT2D eigenvalue weighted by Crippen LogP contribution is -2.33. The van der Waals surface area contributed by atoms with E-state index in [9.17, 15) is 22.8 Å². The molecule has 1 aliphatic carbocycles. The van der Waals surface area contributed by atoms with E-state index in [1.165, 1.54) is 9.90 Å². The Morgan fingerprint density at radius 2 is 2.00 bits per heavy atom. The molecule has 28 heavy (non-hydrogen) atoms. The molecule has 4 rings (SSSR count). The molecule has 1 fully saturated rings. The van der Waals surface area contributed by atoms with E-state index < -0.39 is 18.6 Å². The molecular weight excluding hydrogens is 397 g/mol. The maximum atomic E-state index is 12.2. The summed E-state index contributed by atoms with van der Waals surface area (Å²) in [5.41, 5.74) is 1.27. The van der Waals surface area contributed by atoms with E-state index in [4.69, 9.17) is 0 Å². The van der Waals surface area contributed by atoms with Gasteiger partial charge in [-0.15, -0.1) is 11.3 Å². The third kappa shape index (κ3) is 4.11. The van der Waals surface area contributed by atoms with Crippen LogP contribution < -0.4 is 10.6 Å². The van der Waals surface area contributed by atoms with Crippen LogP contribution in [0, 0.1) is 5.92 Å². The van der Waals surface area contributed by atoms with Gasteiger partial charge in [0.25, 0.3) is 5.91 Å². The van der Waals surface area contributed by atoms with Crippen molar-refractivity contribution in [2.24, 2.45) is 5.92 Å². The Hall–Kier alpha value is -3.02. The normalized spacial score (nSPS) is 14.2. The molecule has 0 spiro atoms. The molecule has 2 N–H and O–H groups in total. The molecule has 0 aromatic carbocycles. The van der Waals surface area contributed by atoms with Gasteiger partial charge in [-0.3, -0.25) is 9.59 Å². The van der Waals surface area contributed by atoms with Crippen molar-refractivity contribution in [2.75, 3.05) is 11.9 Å². The van der Waals surface area contributed by atoms with Crippen LogP contribution in [0.3, 0.4) is 0 Å². The van der Waals surface area contributed by atoms with Crippen LogP contribution in [0.4, 0.5) is 19.0 Å². The average molecular weight is 410 g/mol. The molecule has 1 saturated carbocycles. The van der Waals surface area contributed by atoms with Gasteiger partial charge in [-0.05, 0) is 25.0 Å². The highest BCUT2D eigenvalue weighted by atomic mass is 32.1. The molecule has 12 heteroatoms. The van der Waals surface area contributed by atoms with Crippen LogP contribution in [0.1, 0.15) is 22.6 Å². The zero-order valence-corrected chi connectivity index (χ0v) is 15.0. The minimum absolute atomic E-state index is 0.0465. The molecule has 0 atom stereocenters. The van der Waals surface area contributed by atoms with E-state index in [0.29, 0.717) is 22.9 Å². The standard InChI is InChI=1S/C16H13F3N6O2S/c17-16(18,19)7-20-14(27)15-21-10(6-28-15)9-3-4-12-22-11(5-25(12)24-9)23-13(26)8-1-2-8/h3-6,8H,1-2,7H2,(H,20,27)(H,23,26). The SMILES string of the molecule is O=C(NCC(F)(F)F)c1nc(-c2ccc3nc(NC(=O)C4CC4)cn3n2)cs1. The van der Waals surface area contributed by atoms with Crippen molar-refractivity contribution in [3.63, 3.8) is 0 Å². The monoisotopic (exact) mass is 410 g/mol. The Morgan fingerprint density at radius 1 is 1.21 bits per heavy atom. The van der Waals surface area contributed by atoms with Crippen molar-refractivity contribution in [3.05, 3.63) is 28.7 Å². The zero-order chi connectivity index (χ0) is 19.9. The van der Waals surface area contributed by atoms with Gasteiger partial charge in [-0.2, -0.15) is 18.3 Å². The molecule has 3 heterocycles. The molecule has 0 aliphatic heterocycles. The van der Waals surface area contributed by atoms with Crippen LogP contribution in [0.25, 0.3) is 17.0 Å². The predicted molar refractivity (Wildman–Crippen MR) is 93.8 cm³/mol. The number of nitrogens with zero attached hydrogens (tertiary/aromatic N) is 4. The molecular formula is C16H13F3N6O2S. The third-order valence-corrected chi connectivity index (χ3v) is 4.77. The largest absolute Gasteiger partial charge is 0.405 e. The molecule has 2 amide bonds. The summed E-state index contributed by atoms with van der Waals surface area (Å²) in [6.07, 6.45) is -1.17. The first-order valence-corrected chi connectivity index (χ1v) is 9.14. The number of carbonyl (C=O) groups excluding carboxylic acids is 2. The highest BCUT2D eigenvalue weighted by Gasteiger charge is 2.30. The van der Waals surface area contributed by atoms with Crippen LogP contribution in [-0.2, 0) is 4.79 Å². The van der Waals surface area contributed by atoms with Crippen molar-refractivity contribution in [1.29, 1.82) is 0 Å². The van der Waals surface area contributed by atoms with E-state index in [0.717, 1.165) is 24.2 Å². The summed E-state index contributed by atoms with van der Waals surface area (Å²) in [5.74, 6) is -0.544. The van der Waals surface area contributed by atoms with Gasteiger partial charge in [-0.1, -0.05) is 0 Å². The maximum absolute atomic E-state index is 12.2. The van der Waals surface area contributed by atoms with Gasteiger partial charge in [0.15, 0.2) is 16.5 Å². The Balaban J connectivity index is 1.50. The lowest BCUT2D eigenvalue weighted by Gasteiger charge is -2.06. The van der Waals surface area contributed by atoms with Crippen LogP contribution in [0.5, 0.6) is 0 Å². The highest BCUT2D eigenvalue weighted by Crippen LogP contribution is 2.30. The van der Waals surface area contributed by atoms with Crippen molar-refractivity contribution in [2.45, 2.75) is 19.0 Å². The van der Waals surface area contributed by atoms with Crippen LogP contribution in [0.15, 0.2) is 23.7 Å². The first kappa shape index (κ1) is 18.3. The second kappa shape index (κ2) is 6.86. The molecule has 146 valence electrons. The third-order valence-electron chi connectivity index (χ3n) is 3.93. The number of imidazole rings is 1. The number of amides is 2. The van der Waals surface area contributed by atoms with Crippen molar-refractivity contribution in [3.8, 4) is 11.4 Å². The summed E-state index contributed by atoms with van der Waals surface area (Å²) < 4.78 is 38.1. The number of rotatable bonds is 5. The predicted octanol–water partition coefficient (Wildman–Crippen LogP) is 2.49. The number of hydrogen-bond donors (Lipinski definition) is 2. The van der Waals surface area contributed by atoms with Crippen LogP contribution in [-0.4, -0.2) is 44.1 Å². The highest BCUT2D eigenvalue weighted by molar-refractivity contribution is 7.12. The van der Waals surface area contributed by atoms with E-state index in [1.807, 2.05) is 0 Å². The number of anilines is 1. The van der Waals surface area contributed by atoms with Gasteiger partial charge in [0.1, 0.15) is 17.9 Å². The van der Waals surface area contributed by atoms with E-state index in [-0.39, 0.29) is 16.8 Å². The van der Waals surface area contributed by atoms with E-state index in [2.05, 4.69) is 20.4 Å². The van der Waals surface area contributed by atoms with Gasteiger partial charge in [0.05, 0.1) is 6.20 Å². The topological polar surface area (TPSA) is 101 Å². The molecule has 3 aromatic rings. The Morgan fingerprint density at radius 3 is 2.71 bits per heavy atom. The minimum atomic E-state index is -4.49. The number of hydrogen-bond acceptors (Lipinski definition) is 6. The lowest BCUT2D eigenvalue weighted by molar-refractivity contribution is -0.123. The number of aromatic nitrogens is 4. The first-order valence-electron chi connectivity index (χ1n) is 8.27. The number of nitrogens with one attached hydrogen (secondary N) is 2. The number of alkyl halides is 3. The minimum Gasteiger partial charge on any atom is -0.341 e. The number of carbonyl (C=O) groups is 2. The fourth-order valence-electron chi connectivity index (χ4n) is 2.40. The second-order valence-electron chi connectivity index (χ2n) is 6.25. The first-order chi connectivity index (χ1) is 13.3. The fourth-order valence-corrected chi connectivity index (χ4v) is 3.13.